The van der Waals surface area contributed by atoms with Gasteiger partial charge in [-0.25, -0.2) is 4.98 Å². The van der Waals surface area contributed by atoms with E-state index in [1.807, 2.05) is 12.1 Å². The molecular formula is C22H25N3OS. The molecule has 4 rings (SSSR count). The minimum atomic E-state index is 0.320. The van der Waals surface area contributed by atoms with Gasteiger partial charge in [0.25, 0.3) is 0 Å². The molecule has 1 fully saturated rings. The van der Waals surface area contributed by atoms with Crippen molar-refractivity contribution < 1.29 is 5.11 Å². The zero-order valence-corrected chi connectivity index (χ0v) is 16.5. The fourth-order valence-corrected chi connectivity index (χ4v) is 4.27. The molecule has 5 heteroatoms. The molecule has 1 aromatic heterocycles. The zero-order valence-electron chi connectivity index (χ0n) is 15.6. The van der Waals surface area contributed by atoms with Gasteiger partial charge >= 0.3 is 0 Å². The van der Waals surface area contributed by atoms with Crippen molar-refractivity contribution in [3.8, 4) is 16.3 Å². The summed E-state index contributed by atoms with van der Waals surface area (Å²) in [5.74, 6) is 0.320. The molecule has 0 aliphatic carbocycles. The molecule has 0 bridgehead atoms. The molecule has 2 aromatic carbocycles. The summed E-state index contributed by atoms with van der Waals surface area (Å²) in [6.07, 6.45) is 1.07. The van der Waals surface area contributed by atoms with Gasteiger partial charge < -0.3 is 10.0 Å². The SMILES string of the molecule is CCc1ccc(-c2nc(CN3CCN(c4ccc(O)cc4)CC3)cs2)cc1. The number of aryl methyl sites for hydroxylation is 1. The molecule has 4 nitrogen and oxygen atoms in total. The molecule has 0 amide bonds. The maximum atomic E-state index is 9.44. The van der Waals surface area contributed by atoms with Crippen LogP contribution in [0.15, 0.2) is 53.9 Å². The number of nitrogens with zero attached hydrogens (tertiary/aromatic N) is 3. The lowest BCUT2D eigenvalue weighted by Crippen LogP contribution is -2.46. The Bertz CT molecular complexity index is 865. The molecule has 0 unspecified atom stereocenters. The Morgan fingerprint density at radius 1 is 0.963 bits per heavy atom. The second kappa shape index (κ2) is 8.11. The Morgan fingerprint density at radius 3 is 2.33 bits per heavy atom. The van der Waals surface area contributed by atoms with Gasteiger partial charge in [0.1, 0.15) is 10.8 Å². The summed E-state index contributed by atoms with van der Waals surface area (Å²) < 4.78 is 0. The molecule has 0 saturated carbocycles. The number of benzene rings is 2. The molecule has 1 aliphatic heterocycles. The van der Waals surface area contributed by atoms with E-state index in [1.165, 1.54) is 16.8 Å². The quantitative estimate of drug-likeness (QED) is 0.713. The number of phenols is 1. The number of aromatic nitrogens is 1. The van der Waals surface area contributed by atoms with Crippen molar-refractivity contribution in [1.29, 1.82) is 0 Å². The average Bonchev–Trinajstić information content (AvgIpc) is 3.18. The van der Waals surface area contributed by atoms with Crippen LogP contribution in [0, 0.1) is 0 Å². The van der Waals surface area contributed by atoms with Gasteiger partial charge in [0.15, 0.2) is 0 Å². The number of thiazole rings is 1. The second-order valence-corrected chi connectivity index (χ2v) is 7.83. The molecule has 140 valence electrons. The van der Waals surface area contributed by atoms with E-state index in [0.29, 0.717) is 5.75 Å². The van der Waals surface area contributed by atoms with E-state index in [1.54, 1.807) is 23.5 Å². The minimum Gasteiger partial charge on any atom is -0.508 e. The molecule has 1 saturated heterocycles. The fourth-order valence-electron chi connectivity index (χ4n) is 3.45. The van der Waals surface area contributed by atoms with Crippen molar-refractivity contribution in [1.82, 2.24) is 9.88 Å². The lowest BCUT2D eigenvalue weighted by atomic mass is 10.1. The van der Waals surface area contributed by atoms with Gasteiger partial charge in [0.2, 0.25) is 0 Å². The van der Waals surface area contributed by atoms with E-state index in [0.717, 1.165) is 49.8 Å². The molecule has 1 N–H and O–H groups in total. The molecule has 0 spiro atoms. The Kier molecular flexibility index (Phi) is 5.41. The van der Waals surface area contributed by atoms with Gasteiger partial charge in [0, 0.05) is 49.4 Å². The van der Waals surface area contributed by atoms with Crippen LogP contribution >= 0.6 is 11.3 Å². The van der Waals surface area contributed by atoms with Crippen LogP contribution in [0.2, 0.25) is 0 Å². The third-order valence-electron chi connectivity index (χ3n) is 5.13. The molecule has 2 heterocycles. The maximum Gasteiger partial charge on any atom is 0.123 e. The highest BCUT2D eigenvalue weighted by atomic mass is 32.1. The summed E-state index contributed by atoms with van der Waals surface area (Å²) in [5, 5.41) is 12.7. The third kappa shape index (κ3) is 4.31. The van der Waals surface area contributed by atoms with E-state index in [4.69, 9.17) is 4.98 Å². The molecule has 0 atom stereocenters. The Labute approximate surface area is 164 Å². The van der Waals surface area contributed by atoms with Crippen molar-refractivity contribution in [2.24, 2.45) is 0 Å². The van der Waals surface area contributed by atoms with Gasteiger partial charge in [-0.05, 0) is 36.2 Å². The van der Waals surface area contributed by atoms with E-state index < -0.39 is 0 Å². The predicted octanol–water partition coefficient (Wildman–Crippen LogP) is 4.40. The normalized spacial score (nSPS) is 15.2. The number of aromatic hydroxyl groups is 1. The highest BCUT2D eigenvalue weighted by Gasteiger charge is 2.18. The van der Waals surface area contributed by atoms with Crippen molar-refractivity contribution >= 4 is 17.0 Å². The summed E-state index contributed by atoms with van der Waals surface area (Å²) in [6, 6.07) is 16.2. The van der Waals surface area contributed by atoms with Gasteiger partial charge in [0.05, 0.1) is 5.69 Å². The highest BCUT2D eigenvalue weighted by Crippen LogP contribution is 2.25. The van der Waals surface area contributed by atoms with Crippen molar-refractivity contribution in [3.63, 3.8) is 0 Å². The van der Waals surface area contributed by atoms with Crippen LogP contribution in [0.1, 0.15) is 18.2 Å². The van der Waals surface area contributed by atoms with Gasteiger partial charge in [-0.15, -0.1) is 11.3 Å². The largest absolute Gasteiger partial charge is 0.508 e. The van der Waals surface area contributed by atoms with Gasteiger partial charge in [-0.2, -0.15) is 0 Å². The molecule has 3 aromatic rings. The summed E-state index contributed by atoms with van der Waals surface area (Å²) in [7, 11) is 0. The minimum absolute atomic E-state index is 0.320. The first-order chi connectivity index (χ1) is 13.2. The van der Waals surface area contributed by atoms with Crippen LogP contribution in [0.5, 0.6) is 5.75 Å². The van der Waals surface area contributed by atoms with Crippen LogP contribution in [-0.4, -0.2) is 41.2 Å². The first-order valence-electron chi connectivity index (χ1n) is 9.51. The van der Waals surface area contributed by atoms with Crippen LogP contribution in [0.3, 0.4) is 0 Å². The average molecular weight is 380 g/mol. The standard InChI is InChI=1S/C22H25N3OS/c1-2-17-3-5-18(6-4-17)22-23-19(16-27-22)15-24-11-13-25(14-12-24)20-7-9-21(26)10-8-20/h3-10,16,26H,2,11-15H2,1H3. The Hall–Kier alpha value is -2.37. The number of hydrogen-bond donors (Lipinski definition) is 1. The number of hydrogen-bond acceptors (Lipinski definition) is 5. The second-order valence-electron chi connectivity index (χ2n) is 6.97. The van der Waals surface area contributed by atoms with Crippen LogP contribution in [0.25, 0.3) is 10.6 Å². The third-order valence-corrected chi connectivity index (χ3v) is 6.07. The van der Waals surface area contributed by atoms with E-state index in [9.17, 15) is 5.11 Å². The van der Waals surface area contributed by atoms with Crippen molar-refractivity contribution in [2.75, 3.05) is 31.1 Å². The smallest absolute Gasteiger partial charge is 0.123 e. The van der Waals surface area contributed by atoms with Crippen molar-refractivity contribution in [2.45, 2.75) is 19.9 Å². The summed E-state index contributed by atoms with van der Waals surface area (Å²) in [4.78, 5) is 9.69. The fraction of sp³-hybridized carbons (Fsp3) is 0.318. The summed E-state index contributed by atoms with van der Waals surface area (Å²) in [5.41, 5.74) is 4.91. The Morgan fingerprint density at radius 2 is 1.67 bits per heavy atom. The first kappa shape index (κ1) is 18.0. The lowest BCUT2D eigenvalue weighted by Gasteiger charge is -2.35. The van der Waals surface area contributed by atoms with Crippen LogP contribution < -0.4 is 4.90 Å². The number of rotatable bonds is 5. The number of anilines is 1. The van der Waals surface area contributed by atoms with Crippen LogP contribution in [-0.2, 0) is 13.0 Å². The lowest BCUT2D eigenvalue weighted by molar-refractivity contribution is 0.247. The van der Waals surface area contributed by atoms with Gasteiger partial charge in [-0.3, -0.25) is 4.90 Å². The van der Waals surface area contributed by atoms with Crippen molar-refractivity contribution in [3.05, 3.63) is 65.2 Å². The molecular weight excluding hydrogens is 354 g/mol. The number of piperazine rings is 1. The predicted molar refractivity (Wildman–Crippen MR) is 113 cm³/mol. The number of phenolic OH excluding ortho intramolecular Hbond substituents is 1. The summed E-state index contributed by atoms with van der Waals surface area (Å²) in [6.45, 7) is 7.14. The maximum absolute atomic E-state index is 9.44. The Balaban J connectivity index is 1.34. The molecule has 0 radical (unpaired) electrons. The molecule has 27 heavy (non-hydrogen) atoms. The zero-order chi connectivity index (χ0) is 18.6. The van der Waals surface area contributed by atoms with E-state index in [2.05, 4.69) is 46.4 Å². The summed E-state index contributed by atoms with van der Waals surface area (Å²) >= 11 is 1.73. The molecule has 1 aliphatic rings. The monoisotopic (exact) mass is 379 g/mol. The van der Waals surface area contributed by atoms with E-state index >= 15 is 0 Å². The van der Waals surface area contributed by atoms with E-state index in [-0.39, 0.29) is 0 Å². The first-order valence-corrected chi connectivity index (χ1v) is 10.4. The van der Waals surface area contributed by atoms with Gasteiger partial charge in [-0.1, -0.05) is 31.2 Å². The highest BCUT2D eigenvalue weighted by molar-refractivity contribution is 7.13. The van der Waals surface area contributed by atoms with Crippen LogP contribution in [0.4, 0.5) is 5.69 Å². The topological polar surface area (TPSA) is 39.6 Å².